The summed E-state index contributed by atoms with van der Waals surface area (Å²) < 4.78 is 10.9. The lowest BCUT2D eigenvalue weighted by Crippen LogP contribution is -2.07. The van der Waals surface area contributed by atoms with Crippen molar-refractivity contribution in [3.05, 3.63) is 52.1 Å². The van der Waals surface area contributed by atoms with Crippen LogP contribution in [-0.4, -0.2) is 18.1 Å². The molecule has 0 spiro atoms. The predicted octanol–water partition coefficient (Wildman–Crippen LogP) is 4.01. The Balaban J connectivity index is 2.35. The fourth-order valence-electron chi connectivity index (χ4n) is 2.11. The van der Waals surface area contributed by atoms with E-state index in [1.165, 1.54) is 25.3 Å². The third kappa shape index (κ3) is 3.93. The Morgan fingerprint density at radius 3 is 2.54 bits per heavy atom. The Hall–Kier alpha value is -3.27. The molecule has 0 saturated heterocycles. The fraction of sp³-hybridized carbons (Fsp3) is 0.235. The first-order valence-electron chi connectivity index (χ1n) is 7.25. The maximum Gasteiger partial charge on any atom is 0.293 e. The summed E-state index contributed by atoms with van der Waals surface area (Å²) in [5, 5.41) is 23.0. The van der Waals surface area contributed by atoms with E-state index in [1.54, 1.807) is 18.2 Å². The van der Waals surface area contributed by atoms with Gasteiger partial charge in [-0.1, -0.05) is 0 Å². The number of nitro groups is 1. The maximum atomic E-state index is 11.2. The number of nitrogens with zero attached hydrogens (tertiary/aromatic N) is 2. The average Bonchev–Trinajstić information content (AvgIpc) is 2.55. The van der Waals surface area contributed by atoms with Gasteiger partial charge in [-0.15, -0.1) is 0 Å². The van der Waals surface area contributed by atoms with Crippen molar-refractivity contribution in [2.45, 2.75) is 20.0 Å². The minimum absolute atomic E-state index is 0.00248. The van der Waals surface area contributed by atoms with Crippen LogP contribution in [0.3, 0.4) is 0 Å². The number of hydrogen-bond acceptors (Lipinski definition) is 6. The van der Waals surface area contributed by atoms with E-state index in [-0.39, 0.29) is 17.4 Å². The van der Waals surface area contributed by atoms with Gasteiger partial charge in [-0.2, -0.15) is 5.26 Å². The topological polar surface area (TPSA) is 97.4 Å². The van der Waals surface area contributed by atoms with Gasteiger partial charge in [0.15, 0.2) is 11.5 Å². The van der Waals surface area contributed by atoms with Crippen molar-refractivity contribution in [2.75, 3.05) is 12.4 Å². The van der Waals surface area contributed by atoms with Crippen molar-refractivity contribution in [3.63, 3.8) is 0 Å². The van der Waals surface area contributed by atoms with Crippen molar-refractivity contribution in [3.8, 4) is 17.6 Å². The molecule has 0 aliphatic carbocycles. The van der Waals surface area contributed by atoms with Gasteiger partial charge in [0.2, 0.25) is 0 Å². The molecule has 0 aliphatic heterocycles. The van der Waals surface area contributed by atoms with Gasteiger partial charge in [0.25, 0.3) is 5.69 Å². The molecule has 1 N–H and O–H groups in total. The monoisotopic (exact) mass is 327 g/mol. The number of anilines is 2. The van der Waals surface area contributed by atoms with E-state index in [1.807, 2.05) is 19.9 Å². The molecule has 0 unspecified atom stereocenters. The molecule has 0 amide bonds. The molecule has 0 aliphatic rings. The molecule has 0 saturated carbocycles. The van der Waals surface area contributed by atoms with Crippen LogP contribution in [0.1, 0.15) is 19.4 Å². The molecule has 0 radical (unpaired) electrons. The van der Waals surface area contributed by atoms with Crippen LogP contribution >= 0.6 is 0 Å². The second-order valence-corrected chi connectivity index (χ2v) is 5.26. The maximum absolute atomic E-state index is 11.2. The van der Waals surface area contributed by atoms with E-state index in [0.717, 1.165) is 0 Å². The number of hydrogen-bond donors (Lipinski definition) is 1. The van der Waals surface area contributed by atoms with Gasteiger partial charge in [-0.3, -0.25) is 10.1 Å². The molecule has 2 aromatic rings. The summed E-state index contributed by atoms with van der Waals surface area (Å²) in [4.78, 5) is 10.7. The molecule has 24 heavy (non-hydrogen) atoms. The van der Waals surface area contributed by atoms with Crippen LogP contribution in [0.2, 0.25) is 0 Å². The van der Waals surface area contributed by atoms with Crippen molar-refractivity contribution in [2.24, 2.45) is 0 Å². The van der Waals surface area contributed by atoms with Crippen LogP contribution in [0.5, 0.6) is 11.5 Å². The Labute approximate surface area is 139 Å². The second-order valence-electron chi connectivity index (χ2n) is 5.26. The Morgan fingerprint density at radius 1 is 1.21 bits per heavy atom. The van der Waals surface area contributed by atoms with Crippen LogP contribution in [0.25, 0.3) is 0 Å². The molecular weight excluding hydrogens is 310 g/mol. The summed E-state index contributed by atoms with van der Waals surface area (Å²) in [6, 6.07) is 11.3. The number of benzene rings is 2. The fourth-order valence-corrected chi connectivity index (χ4v) is 2.11. The van der Waals surface area contributed by atoms with Gasteiger partial charge in [0.1, 0.15) is 5.69 Å². The van der Waals surface area contributed by atoms with E-state index >= 15 is 0 Å². The lowest BCUT2D eigenvalue weighted by molar-refractivity contribution is -0.383. The van der Waals surface area contributed by atoms with E-state index < -0.39 is 4.92 Å². The summed E-state index contributed by atoms with van der Waals surface area (Å²) in [6.45, 7) is 3.82. The summed E-state index contributed by atoms with van der Waals surface area (Å²) in [6.07, 6.45) is -0.00248. The largest absolute Gasteiger partial charge is 0.493 e. The number of methoxy groups -OCH3 is 1. The van der Waals surface area contributed by atoms with Crippen LogP contribution < -0.4 is 14.8 Å². The molecule has 0 fully saturated rings. The normalized spacial score (nSPS) is 10.1. The van der Waals surface area contributed by atoms with Crippen LogP contribution in [-0.2, 0) is 0 Å². The first-order chi connectivity index (χ1) is 11.4. The summed E-state index contributed by atoms with van der Waals surface area (Å²) >= 11 is 0. The SMILES string of the molecule is COc1cc(Nc2ccc(C#N)cc2[N+](=O)[O-])ccc1OC(C)C. The van der Waals surface area contributed by atoms with Gasteiger partial charge >= 0.3 is 0 Å². The van der Waals surface area contributed by atoms with Crippen molar-refractivity contribution < 1.29 is 14.4 Å². The predicted molar refractivity (Wildman–Crippen MR) is 89.9 cm³/mol. The lowest BCUT2D eigenvalue weighted by atomic mass is 10.1. The molecule has 7 nitrogen and oxygen atoms in total. The highest BCUT2D eigenvalue weighted by Crippen LogP contribution is 2.34. The zero-order valence-corrected chi connectivity index (χ0v) is 13.6. The van der Waals surface area contributed by atoms with Gasteiger partial charge in [-0.05, 0) is 38.1 Å². The third-order valence-electron chi connectivity index (χ3n) is 3.13. The van der Waals surface area contributed by atoms with Gasteiger partial charge in [-0.25, -0.2) is 0 Å². The summed E-state index contributed by atoms with van der Waals surface area (Å²) in [5.74, 6) is 1.11. The summed E-state index contributed by atoms with van der Waals surface area (Å²) in [5.41, 5.74) is 0.954. The van der Waals surface area contributed by atoms with Crippen LogP contribution in [0, 0.1) is 21.4 Å². The van der Waals surface area contributed by atoms with Crippen LogP contribution in [0.15, 0.2) is 36.4 Å². The van der Waals surface area contributed by atoms with Crippen LogP contribution in [0.4, 0.5) is 17.1 Å². The standard InChI is InChI=1S/C17H17N3O4/c1-11(2)24-16-7-5-13(9-17(16)23-3)19-14-6-4-12(10-18)8-15(14)20(21)22/h4-9,11,19H,1-3H3. The minimum atomic E-state index is -0.531. The molecule has 0 heterocycles. The highest BCUT2D eigenvalue weighted by atomic mass is 16.6. The molecule has 0 aromatic heterocycles. The Morgan fingerprint density at radius 2 is 1.96 bits per heavy atom. The van der Waals surface area contributed by atoms with Crippen molar-refractivity contribution in [1.29, 1.82) is 5.26 Å². The molecule has 124 valence electrons. The lowest BCUT2D eigenvalue weighted by Gasteiger charge is -2.15. The molecule has 7 heteroatoms. The average molecular weight is 327 g/mol. The number of nitriles is 1. The molecule has 0 atom stereocenters. The van der Waals surface area contributed by atoms with Gasteiger partial charge in [0, 0.05) is 17.8 Å². The van der Waals surface area contributed by atoms with E-state index in [0.29, 0.717) is 22.9 Å². The zero-order valence-electron chi connectivity index (χ0n) is 13.6. The van der Waals surface area contributed by atoms with Gasteiger partial charge in [0.05, 0.1) is 29.8 Å². The van der Waals surface area contributed by atoms with E-state index in [4.69, 9.17) is 14.7 Å². The number of nitrogens with one attached hydrogen (secondary N) is 1. The van der Waals surface area contributed by atoms with E-state index in [2.05, 4.69) is 5.32 Å². The number of rotatable bonds is 6. The summed E-state index contributed by atoms with van der Waals surface area (Å²) in [7, 11) is 1.52. The molecule has 2 aromatic carbocycles. The highest BCUT2D eigenvalue weighted by molar-refractivity contribution is 5.72. The minimum Gasteiger partial charge on any atom is -0.493 e. The smallest absolute Gasteiger partial charge is 0.293 e. The molecule has 0 bridgehead atoms. The quantitative estimate of drug-likeness (QED) is 0.636. The highest BCUT2D eigenvalue weighted by Gasteiger charge is 2.16. The van der Waals surface area contributed by atoms with Crippen molar-refractivity contribution in [1.82, 2.24) is 0 Å². The molecular formula is C17H17N3O4. The van der Waals surface area contributed by atoms with E-state index in [9.17, 15) is 10.1 Å². The molecule has 2 rings (SSSR count). The third-order valence-corrected chi connectivity index (χ3v) is 3.13. The first-order valence-corrected chi connectivity index (χ1v) is 7.25. The van der Waals surface area contributed by atoms with Crippen molar-refractivity contribution >= 4 is 17.1 Å². The second kappa shape index (κ2) is 7.33. The number of nitro benzene ring substituents is 1. The zero-order chi connectivity index (χ0) is 17.7. The van der Waals surface area contributed by atoms with Gasteiger partial charge < -0.3 is 14.8 Å². The Bertz CT molecular complexity index is 797. The first kappa shape index (κ1) is 17.1. The number of ether oxygens (including phenoxy) is 2. The Kier molecular flexibility index (Phi) is 5.22.